The van der Waals surface area contributed by atoms with E-state index in [2.05, 4.69) is 11.8 Å². The smallest absolute Gasteiger partial charge is 0.306 e. The van der Waals surface area contributed by atoms with Gasteiger partial charge in [-0.3, -0.25) is 9.69 Å². The molecule has 2 aliphatic rings. The molecule has 1 saturated carbocycles. The number of rotatable bonds is 2. The maximum Gasteiger partial charge on any atom is 0.306 e. The molecule has 14 heavy (non-hydrogen) atoms. The molecule has 0 bridgehead atoms. The average molecular weight is 197 g/mol. The minimum absolute atomic E-state index is 0.0761. The van der Waals surface area contributed by atoms with Crippen LogP contribution in [0.1, 0.15) is 39.0 Å². The lowest BCUT2D eigenvalue weighted by Gasteiger charge is -2.28. The average Bonchev–Trinajstić information content (AvgIpc) is 2.71. The summed E-state index contributed by atoms with van der Waals surface area (Å²) < 4.78 is 0. The topological polar surface area (TPSA) is 40.5 Å². The molecule has 3 unspecified atom stereocenters. The van der Waals surface area contributed by atoms with Crippen LogP contribution in [0.15, 0.2) is 0 Å². The number of carbonyl (C=O) groups is 1. The van der Waals surface area contributed by atoms with Crippen LogP contribution >= 0.6 is 0 Å². The molecule has 1 aliphatic heterocycles. The van der Waals surface area contributed by atoms with E-state index in [0.29, 0.717) is 12.1 Å². The van der Waals surface area contributed by atoms with Gasteiger partial charge in [-0.1, -0.05) is 0 Å². The lowest BCUT2D eigenvalue weighted by atomic mass is 10.1. The molecule has 0 radical (unpaired) electrons. The van der Waals surface area contributed by atoms with Crippen LogP contribution in [-0.4, -0.2) is 34.6 Å². The number of carboxylic acids is 1. The van der Waals surface area contributed by atoms with Crippen LogP contribution in [0.25, 0.3) is 0 Å². The fourth-order valence-corrected chi connectivity index (χ4v) is 2.98. The lowest BCUT2D eigenvalue weighted by molar-refractivity contribution is -0.141. The monoisotopic (exact) mass is 197 g/mol. The van der Waals surface area contributed by atoms with Crippen LogP contribution in [0.4, 0.5) is 0 Å². The summed E-state index contributed by atoms with van der Waals surface area (Å²) in [5.74, 6) is -0.674. The number of aliphatic carboxylic acids is 1. The van der Waals surface area contributed by atoms with Crippen LogP contribution in [0.2, 0.25) is 0 Å². The number of likely N-dealkylation sites (tertiary alicyclic amines) is 1. The Labute approximate surface area is 85.1 Å². The molecule has 0 aromatic heterocycles. The second-order valence-corrected chi connectivity index (χ2v) is 4.73. The van der Waals surface area contributed by atoms with Gasteiger partial charge in [-0.15, -0.1) is 0 Å². The normalized spacial score (nSPS) is 39.1. The van der Waals surface area contributed by atoms with Gasteiger partial charge in [-0.25, -0.2) is 0 Å². The number of hydrogen-bond acceptors (Lipinski definition) is 2. The fraction of sp³-hybridized carbons (Fsp3) is 0.909. The first-order valence-electron chi connectivity index (χ1n) is 5.67. The SMILES string of the molecule is CC1CCCN1C1CCC(C(=O)O)C1. The third-order valence-corrected chi connectivity index (χ3v) is 3.83. The maximum atomic E-state index is 10.8. The summed E-state index contributed by atoms with van der Waals surface area (Å²) in [6.45, 7) is 3.44. The van der Waals surface area contributed by atoms with E-state index in [1.165, 1.54) is 19.4 Å². The van der Waals surface area contributed by atoms with Crippen LogP contribution in [0.3, 0.4) is 0 Å². The summed E-state index contributed by atoms with van der Waals surface area (Å²) >= 11 is 0. The van der Waals surface area contributed by atoms with Crippen molar-refractivity contribution in [3.05, 3.63) is 0 Å². The van der Waals surface area contributed by atoms with Gasteiger partial charge in [0, 0.05) is 12.1 Å². The standard InChI is InChI=1S/C11H19NO2/c1-8-3-2-6-12(8)10-5-4-9(7-10)11(13)14/h8-10H,2-7H2,1H3,(H,13,14). The van der Waals surface area contributed by atoms with Gasteiger partial charge in [0.1, 0.15) is 0 Å². The minimum atomic E-state index is -0.598. The van der Waals surface area contributed by atoms with Crippen molar-refractivity contribution in [1.82, 2.24) is 4.90 Å². The zero-order valence-corrected chi connectivity index (χ0v) is 8.78. The van der Waals surface area contributed by atoms with E-state index >= 15 is 0 Å². The summed E-state index contributed by atoms with van der Waals surface area (Å²) in [7, 11) is 0. The largest absolute Gasteiger partial charge is 0.481 e. The Hall–Kier alpha value is -0.570. The molecular weight excluding hydrogens is 178 g/mol. The molecule has 0 aromatic rings. The Balaban J connectivity index is 1.91. The maximum absolute atomic E-state index is 10.8. The summed E-state index contributed by atoms with van der Waals surface area (Å²) in [5, 5.41) is 8.92. The van der Waals surface area contributed by atoms with Gasteiger partial charge in [0.15, 0.2) is 0 Å². The molecule has 0 aromatic carbocycles. The van der Waals surface area contributed by atoms with Crippen molar-refractivity contribution in [2.24, 2.45) is 5.92 Å². The molecule has 3 nitrogen and oxygen atoms in total. The summed E-state index contributed by atoms with van der Waals surface area (Å²) in [6, 6.07) is 1.22. The van der Waals surface area contributed by atoms with Crippen molar-refractivity contribution >= 4 is 5.97 Å². The van der Waals surface area contributed by atoms with Crippen molar-refractivity contribution in [2.75, 3.05) is 6.54 Å². The highest BCUT2D eigenvalue weighted by molar-refractivity contribution is 5.70. The van der Waals surface area contributed by atoms with Crippen LogP contribution in [0, 0.1) is 5.92 Å². The third kappa shape index (κ3) is 1.78. The highest BCUT2D eigenvalue weighted by atomic mass is 16.4. The van der Waals surface area contributed by atoms with Crippen LogP contribution in [-0.2, 0) is 4.79 Å². The van der Waals surface area contributed by atoms with Crippen molar-refractivity contribution in [3.8, 4) is 0 Å². The fourth-order valence-electron chi connectivity index (χ4n) is 2.98. The van der Waals surface area contributed by atoms with Crippen molar-refractivity contribution in [1.29, 1.82) is 0 Å². The number of nitrogens with zero attached hydrogens (tertiary/aromatic N) is 1. The summed E-state index contributed by atoms with van der Waals surface area (Å²) in [4.78, 5) is 13.3. The third-order valence-electron chi connectivity index (χ3n) is 3.83. The highest BCUT2D eigenvalue weighted by Crippen LogP contribution is 2.33. The predicted molar refractivity (Wildman–Crippen MR) is 54.2 cm³/mol. The first-order valence-corrected chi connectivity index (χ1v) is 5.67. The summed E-state index contributed by atoms with van der Waals surface area (Å²) in [5.41, 5.74) is 0. The molecule has 2 rings (SSSR count). The van der Waals surface area contributed by atoms with Crippen molar-refractivity contribution in [3.63, 3.8) is 0 Å². The van der Waals surface area contributed by atoms with E-state index in [0.717, 1.165) is 19.3 Å². The molecule has 2 fully saturated rings. The van der Waals surface area contributed by atoms with E-state index in [1.807, 2.05) is 0 Å². The molecule has 1 saturated heterocycles. The molecule has 0 spiro atoms. The van der Waals surface area contributed by atoms with E-state index in [9.17, 15) is 4.79 Å². The number of hydrogen-bond donors (Lipinski definition) is 1. The first kappa shape index (κ1) is 9.97. The van der Waals surface area contributed by atoms with Gasteiger partial charge in [-0.2, -0.15) is 0 Å². The second-order valence-electron chi connectivity index (χ2n) is 4.73. The van der Waals surface area contributed by atoms with Crippen molar-refractivity contribution in [2.45, 2.75) is 51.1 Å². The number of carboxylic acid groups (broad SMARTS) is 1. The van der Waals surface area contributed by atoms with Gasteiger partial charge in [0.2, 0.25) is 0 Å². The Morgan fingerprint density at radius 3 is 2.64 bits per heavy atom. The van der Waals surface area contributed by atoms with Gasteiger partial charge in [0.25, 0.3) is 0 Å². The summed E-state index contributed by atoms with van der Waals surface area (Å²) in [6.07, 6.45) is 5.41. The van der Waals surface area contributed by atoms with E-state index in [4.69, 9.17) is 5.11 Å². The van der Waals surface area contributed by atoms with Crippen LogP contribution < -0.4 is 0 Å². The van der Waals surface area contributed by atoms with E-state index in [1.54, 1.807) is 0 Å². The zero-order chi connectivity index (χ0) is 10.1. The molecule has 1 heterocycles. The minimum Gasteiger partial charge on any atom is -0.481 e. The molecule has 3 atom stereocenters. The molecule has 1 N–H and O–H groups in total. The Kier molecular flexibility index (Phi) is 2.77. The molecule has 0 amide bonds. The molecule has 1 aliphatic carbocycles. The molecular formula is C11H19NO2. The van der Waals surface area contributed by atoms with Crippen molar-refractivity contribution < 1.29 is 9.90 Å². The first-order chi connectivity index (χ1) is 6.68. The van der Waals surface area contributed by atoms with Gasteiger partial charge >= 0.3 is 5.97 Å². The quantitative estimate of drug-likeness (QED) is 0.732. The lowest BCUT2D eigenvalue weighted by Crippen LogP contribution is -2.36. The van der Waals surface area contributed by atoms with Crippen LogP contribution in [0.5, 0.6) is 0 Å². The zero-order valence-electron chi connectivity index (χ0n) is 8.78. The second kappa shape index (κ2) is 3.89. The highest BCUT2D eigenvalue weighted by Gasteiger charge is 2.36. The molecule has 3 heteroatoms. The van der Waals surface area contributed by atoms with E-state index in [-0.39, 0.29) is 5.92 Å². The molecule has 80 valence electrons. The van der Waals surface area contributed by atoms with Gasteiger partial charge in [-0.05, 0) is 45.6 Å². The predicted octanol–water partition coefficient (Wildman–Crippen LogP) is 1.72. The van der Waals surface area contributed by atoms with E-state index < -0.39 is 5.97 Å². The van der Waals surface area contributed by atoms with Gasteiger partial charge in [0.05, 0.1) is 5.92 Å². The Morgan fingerprint density at radius 2 is 2.14 bits per heavy atom. The Morgan fingerprint density at radius 1 is 1.36 bits per heavy atom. The Bertz CT molecular complexity index is 229. The van der Waals surface area contributed by atoms with Gasteiger partial charge < -0.3 is 5.11 Å².